The van der Waals surface area contributed by atoms with Crippen LogP contribution in [0.5, 0.6) is 5.75 Å². The number of hydrogen-bond donors (Lipinski definition) is 3. The molecule has 3 N–H and O–H groups in total. The number of carbonyl (C=O) groups is 5. The van der Waals surface area contributed by atoms with Crippen LogP contribution in [0.15, 0.2) is 35.1 Å². The van der Waals surface area contributed by atoms with Crippen LogP contribution in [0.3, 0.4) is 0 Å². The zero-order valence-electron chi connectivity index (χ0n) is 23.0. The first-order valence-electron chi connectivity index (χ1n) is 13.6. The van der Waals surface area contributed by atoms with Gasteiger partial charge >= 0.3 is 0 Å². The quantitative estimate of drug-likeness (QED) is 0.321. The van der Waals surface area contributed by atoms with Crippen LogP contribution in [0, 0.1) is 23.2 Å². The largest absolute Gasteiger partial charge is 0.482 e. The summed E-state index contributed by atoms with van der Waals surface area (Å²) in [6.07, 6.45) is 1.75. The molecule has 1 aliphatic carbocycles. The molecular weight excluding hydrogens is 589 g/mol. The van der Waals surface area contributed by atoms with Crippen molar-refractivity contribution >= 4 is 52.6 Å². The van der Waals surface area contributed by atoms with E-state index in [1.54, 1.807) is 12.1 Å². The number of benzene rings is 1. The Balaban J connectivity index is 1.30. The van der Waals surface area contributed by atoms with E-state index < -0.39 is 41.5 Å². The number of Topliss-reactive ketones (excluding diaryl/α,β-unsaturated/α-hetero) is 1. The van der Waals surface area contributed by atoms with E-state index in [2.05, 4.69) is 21.1 Å². The molecule has 0 unspecified atom stereocenters. The van der Waals surface area contributed by atoms with Crippen LogP contribution >= 0.6 is 23.2 Å². The highest BCUT2D eigenvalue weighted by atomic mass is 35.5. The second-order valence-electron chi connectivity index (χ2n) is 11.4. The Kier molecular flexibility index (Phi) is 8.47. The number of likely N-dealkylation sites (tertiary alicyclic amines) is 1. The summed E-state index contributed by atoms with van der Waals surface area (Å²) in [7, 11) is 0. The topological polar surface area (TPSA) is 160 Å². The molecule has 1 saturated carbocycles. The molecule has 14 heteroatoms. The van der Waals surface area contributed by atoms with Gasteiger partial charge in [0.2, 0.25) is 17.6 Å². The summed E-state index contributed by atoms with van der Waals surface area (Å²) in [6.45, 7) is 4.42. The molecule has 0 spiro atoms. The molecule has 1 aromatic carbocycles. The molecule has 0 bridgehead atoms. The molecule has 5 atom stereocenters. The predicted octanol–water partition coefficient (Wildman–Crippen LogP) is 1.74. The van der Waals surface area contributed by atoms with E-state index in [0.29, 0.717) is 30.2 Å². The molecule has 2 aromatic rings. The smallest absolute Gasteiger partial charge is 0.289 e. The van der Waals surface area contributed by atoms with Gasteiger partial charge in [0.25, 0.3) is 11.8 Å². The molecule has 224 valence electrons. The Hall–Kier alpha value is -3.64. The highest BCUT2D eigenvalue weighted by Crippen LogP contribution is 2.64. The normalized spacial score (nSPS) is 24.4. The number of ketones is 1. The molecule has 2 aliphatic heterocycles. The maximum absolute atomic E-state index is 13.8. The van der Waals surface area contributed by atoms with Crippen molar-refractivity contribution in [3.63, 3.8) is 0 Å². The summed E-state index contributed by atoms with van der Waals surface area (Å²) in [4.78, 5) is 66.9. The van der Waals surface area contributed by atoms with Gasteiger partial charge in [-0.05, 0) is 48.3 Å². The number of ether oxygens (including phenoxy) is 1. The minimum atomic E-state index is -1.27. The SMILES string of the molecule is CC1(C)[C@@H]2[C@@H](C(=O)N[C@@H](C[C@@H]3CCNC3=O)C(=O)C(=O)NCc3ccon3)N(C(=O)COc3ccc(Cl)cc3Cl)C[C@@H]21. The van der Waals surface area contributed by atoms with Gasteiger partial charge in [0.1, 0.15) is 23.7 Å². The van der Waals surface area contributed by atoms with Gasteiger partial charge in [-0.25, -0.2) is 0 Å². The summed E-state index contributed by atoms with van der Waals surface area (Å²) in [5.41, 5.74) is 0.218. The van der Waals surface area contributed by atoms with Crippen molar-refractivity contribution in [1.82, 2.24) is 26.0 Å². The Morgan fingerprint density at radius 1 is 1.24 bits per heavy atom. The van der Waals surface area contributed by atoms with Crippen LogP contribution in [-0.4, -0.2) is 71.2 Å². The standard InChI is InChI=1S/C28H31Cl2N5O7/c1-28(2)17-12-35(21(36)13-41-20-4-3-15(29)10-18(20)30)23(22(17)28)26(39)33-19(9-14-5-7-31-25(14)38)24(37)27(40)32-11-16-6-8-42-34-16/h3-4,6,8,10,14,17,19,22-23H,5,7,9,11-13H2,1-2H3,(H,31,38)(H,32,40)(H,33,39)/t14-,17-,19-,22-,23-/m0/s1. The van der Waals surface area contributed by atoms with Gasteiger partial charge in [-0.3, -0.25) is 24.0 Å². The van der Waals surface area contributed by atoms with E-state index in [1.807, 2.05) is 13.8 Å². The van der Waals surface area contributed by atoms with Crippen LogP contribution in [0.25, 0.3) is 0 Å². The zero-order chi connectivity index (χ0) is 30.2. The highest BCUT2D eigenvalue weighted by molar-refractivity contribution is 6.38. The number of carbonyl (C=O) groups excluding carboxylic acids is 5. The van der Waals surface area contributed by atoms with E-state index in [-0.39, 0.29) is 53.5 Å². The maximum atomic E-state index is 13.8. The Bertz CT molecular complexity index is 1400. The van der Waals surface area contributed by atoms with E-state index in [4.69, 9.17) is 32.5 Å². The number of fused-ring (bicyclic) bond motifs is 1. The van der Waals surface area contributed by atoms with E-state index in [1.165, 1.54) is 23.3 Å². The average Bonchev–Trinajstić information content (AvgIpc) is 3.51. The van der Waals surface area contributed by atoms with Crippen molar-refractivity contribution in [2.45, 2.75) is 45.3 Å². The Morgan fingerprint density at radius 3 is 2.69 bits per heavy atom. The number of amides is 4. The van der Waals surface area contributed by atoms with Gasteiger partial charge in [0, 0.05) is 30.1 Å². The van der Waals surface area contributed by atoms with Crippen molar-refractivity contribution in [1.29, 1.82) is 0 Å². The number of nitrogens with zero attached hydrogens (tertiary/aromatic N) is 2. The van der Waals surface area contributed by atoms with Crippen LogP contribution in [-0.2, 0) is 30.5 Å². The predicted molar refractivity (Wildman–Crippen MR) is 149 cm³/mol. The second-order valence-corrected chi connectivity index (χ2v) is 12.3. The van der Waals surface area contributed by atoms with E-state index >= 15 is 0 Å². The first kappa shape index (κ1) is 29.8. The van der Waals surface area contributed by atoms with Crippen molar-refractivity contribution in [3.05, 3.63) is 46.3 Å². The van der Waals surface area contributed by atoms with Crippen LogP contribution in [0.1, 0.15) is 32.4 Å². The summed E-state index contributed by atoms with van der Waals surface area (Å²) < 4.78 is 10.4. The van der Waals surface area contributed by atoms with Crippen LogP contribution < -0.4 is 20.7 Å². The fraction of sp³-hybridized carbons (Fsp3) is 0.500. The lowest BCUT2D eigenvalue weighted by Crippen LogP contribution is -2.56. The Labute approximate surface area is 251 Å². The lowest BCUT2D eigenvalue weighted by Gasteiger charge is -2.31. The third-order valence-corrected chi connectivity index (χ3v) is 9.03. The van der Waals surface area contributed by atoms with E-state index in [0.717, 1.165) is 0 Å². The zero-order valence-corrected chi connectivity index (χ0v) is 24.5. The first-order chi connectivity index (χ1) is 20.0. The molecule has 42 heavy (non-hydrogen) atoms. The van der Waals surface area contributed by atoms with Crippen LogP contribution in [0.4, 0.5) is 0 Å². The summed E-state index contributed by atoms with van der Waals surface area (Å²) in [5, 5.41) is 12.3. The lowest BCUT2D eigenvalue weighted by molar-refractivity contribution is -0.144. The molecule has 1 aromatic heterocycles. The number of hydrogen-bond acceptors (Lipinski definition) is 8. The average molecular weight is 620 g/mol. The number of halogens is 2. The molecule has 4 amide bonds. The summed E-state index contributed by atoms with van der Waals surface area (Å²) in [6, 6.07) is 4.02. The van der Waals surface area contributed by atoms with Crippen molar-refractivity contribution in [3.8, 4) is 5.75 Å². The molecule has 3 heterocycles. The molecule has 12 nitrogen and oxygen atoms in total. The van der Waals surface area contributed by atoms with Crippen molar-refractivity contribution in [2.24, 2.45) is 23.2 Å². The first-order valence-corrected chi connectivity index (χ1v) is 14.4. The van der Waals surface area contributed by atoms with Gasteiger partial charge in [-0.1, -0.05) is 42.2 Å². The summed E-state index contributed by atoms with van der Waals surface area (Å²) >= 11 is 12.1. The maximum Gasteiger partial charge on any atom is 0.289 e. The monoisotopic (exact) mass is 619 g/mol. The molecule has 3 aliphatic rings. The summed E-state index contributed by atoms with van der Waals surface area (Å²) in [5.74, 6) is -3.40. The number of rotatable bonds is 11. The van der Waals surface area contributed by atoms with Crippen LogP contribution in [0.2, 0.25) is 10.0 Å². The minimum absolute atomic E-state index is 0.0495. The third-order valence-electron chi connectivity index (χ3n) is 8.50. The fourth-order valence-corrected chi connectivity index (χ4v) is 6.51. The second kappa shape index (κ2) is 11.9. The lowest BCUT2D eigenvalue weighted by atomic mass is 9.94. The van der Waals surface area contributed by atoms with Gasteiger partial charge in [-0.15, -0.1) is 0 Å². The van der Waals surface area contributed by atoms with Gasteiger partial charge in [0.05, 0.1) is 17.6 Å². The molecule has 5 rings (SSSR count). The van der Waals surface area contributed by atoms with Gasteiger partial charge in [-0.2, -0.15) is 0 Å². The molecule has 3 fully saturated rings. The number of aromatic nitrogens is 1. The van der Waals surface area contributed by atoms with Crippen molar-refractivity contribution < 1.29 is 33.2 Å². The van der Waals surface area contributed by atoms with Gasteiger partial charge in [0.15, 0.2) is 6.61 Å². The number of piperidine rings is 1. The Morgan fingerprint density at radius 2 is 2.02 bits per heavy atom. The fourth-order valence-electron chi connectivity index (χ4n) is 6.05. The molecule has 2 saturated heterocycles. The van der Waals surface area contributed by atoms with E-state index in [9.17, 15) is 24.0 Å². The van der Waals surface area contributed by atoms with Gasteiger partial charge < -0.3 is 30.1 Å². The minimum Gasteiger partial charge on any atom is -0.482 e. The third kappa shape index (κ3) is 6.10. The molecule has 0 radical (unpaired) electrons. The highest BCUT2D eigenvalue weighted by Gasteiger charge is 2.69. The van der Waals surface area contributed by atoms with Crippen molar-refractivity contribution in [2.75, 3.05) is 19.7 Å². The molecular formula is C28H31Cl2N5O7. The number of nitrogens with one attached hydrogen (secondary N) is 3.